The monoisotopic (exact) mass is 419 g/mol. The second-order valence-corrected chi connectivity index (χ2v) is 7.31. The Morgan fingerprint density at radius 2 is 1.93 bits per heavy atom. The highest BCUT2D eigenvalue weighted by molar-refractivity contribution is 7.98. The molecule has 0 saturated carbocycles. The van der Waals surface area contributed by atoms with Crippen LogP contribution < -0.4 is 10.2 Å². The summed E-state index contributed by atoms with van der Waals surface area (Å²) >= 11 is 1.56. The number of halogens is 3. The zero-order valence-corrected chi connectivity index (χ0v) is 16.6. The molecule has 1 heterocycles. The maximum Gasteiger partial charge on any atom is 0.416 e. The van der Waals surface area contributed by atoms with E-state index < -0.39 is 23.8 Å². The minimum atomic E-state index is -4.39. The third-order valence-electron chi connectivity index (χ3n) is 4.50. The second-order valence-electron chi connectivity index (χ2n) is 6.33. The van der Waals surface area contributed by atoms with Gasteiger partial charge in [-0.05, 0) is 36.6 Å². The summed E-state index contributed by atoms with van der Waals surface area (Å²) in [6.07, 6.45) is -2.02. The van der Waals surface area contributed by atoms with E-state index in [2.05, 4.69) is 5.32 Å². The lowest BCUT2D eigenvalue weighted by molar-refractivity contribution is -0.143. The minimum absolute atomic E-state index is 0.346. The second kappa shape index (κ2) is 9.90. The van der Waals surface area contributed by atoms with Crippen LogP contribution in [-0.2, 0) is 15.7 Å². The lowest BCUT2D eigenvalue weighted by Gasteiger charge is -2.36. The molecule has 0 aromatic heterocycles. The van der Waals surface area contributed by atoms with Crippen molar-refractivity contribution < 1.29 is 27.5 Å². The van der Waals surface area contributed by atoms with E-state index in [9.17, 15) is 22.8 Å². The Morgan fingerprint density at radius 3 is 2.50 bits per heavy atom. The molecule has 10 heteroatoms. The molecule has 6 nitrogen and oxygen atoms in total. The normalized spacial score (nSPS) is 15.9. The van der Waals surface area contributed by atoms with Crippen LogP contribution in [-0.4, -0.2) is 68.2 Å². The van der Waals surface area contributed by atoms with Crippen LogP contribution in [0.1, 0.15) is 12.0 Å². The number of urea groups is 1. The van der Waals surface area contributed by atoms with Gasteiger partial charge in [0.05, 0.1) is 12.7 Å². The average molecular weight is 419 g/mol. The number of nitrogens with one attached hydrogen (secondary N) is 1. The van der Waals surface area contributed by atoms with Crippen molar-refractivity contribution in [1.82, 2.24) is 10.2 Å². The fraction of sp³-hybridized carbons (Fsp3) is 0.556. The molecule has 1 aliphatic heterocycles. The van der Waals surface area contributed by atoms with E-state index in [1.807, 2.05) is 11.2 Å². The molecule has 2 rings (SSSR count). The van der Waals surface area contributed by atoms with Crippen LogP contribution in [0.5, 0.6) is 0 Å². The van der Waals surface area contributed by atoms with E-state index in [1.165, 1.54) is 13.2 Å². The van der Waals surface area contributed by atoms with Gasteiger partial charge in [-0.2, -0.15) is 24.9 Å². The summed E-state index contributed by atoms with van der Waals surface area (Å²) < 4.78 is 43.4. The third kappa shape index (κ3) is 5.95. The number of rotatable bonds is 6. The average Bonchev–Trinajstić information content (AvgIpc) is 2.70. The van der Waals surface area contributed by atoms with Gasteiger partial charge in [-0.25, -0.2) is 9.59 Å². The van der Waals surface area contributed by atoms with Crippen molar-refractivity contribution in [2.75, 3.05) is 50.2 Å². The number of thioether (sulfide) groups is 1. The Bertz CT molecular complexity index is 680. The first-order valence-corrected chi connectivity index (χ1v) is 10.2. The van der Waals surface area contributed by atoms with Crippen molar-refractivity contribution in [2.24, 2.45) is 0 Å². The quantitative estimate of drug-likeness (QED) is 0.719. The van der Waals surface area contributed by atoms with Crippen LogP contribution in [0.15, 0.2) is 24.3 Å². The predicted molar refractivity (Wildman–Crippen MR) is 103 cm³/mol. The van der Waals surface area contributed by atoms with E-state index in [1.54, 1.807) is 22.7 Å². The maximum absolute atomic E-state index is 12.9. The Hall–Kier alpha value is -2.10. The van der Waals surface area contributed by atoms with Crippen LogP contribution in [0.4, 0.5) is 23.7 Å². The van der Waals surface area contributed by atoms with Crippen LogP contribution in [0.3, 0.4) is 0 Å². The molecule has 1 aromatic carbocycles. The number of amides is 2. The molecule has 0 unspecified atom stereocenters. The number of hydrogen-bond donors (Lipinski definition) is 1. The zero-order chi connectivity index (χ0) is 20.7. The van der Waals surface area contributed by atoms with Crippen LogP contribution in [0, 0.1) is 0 Å². The molecule has 28 heavy (non-hydrogen) atoms. The van der Waals surface area contributed by atoms with Gasteiger partial charge >= 0.3 is 18.2 Å². The Balaban J connectivity index is 1.94. The van der Waals surface area contributed by atoms with Crippen LogP contribution >= 0.6 is 11.8 Å². The van der Waals surface area contributed by atoms with Crippen molar-refractivity contribution in [3.8, 4) is 0 Å². The Kier molecular flexibility index (Phi) is 7.85. The van der Waals surface area contributed by atoms with E-state index >= 15 is 0 Å². The molecule has 0 aliphatic carbocycles. The summed E-state index contributed by atoms with van der Waals surface area (Å²) in [5, 5.41) is 2.69. The highest BCUT2D eigenvalue weighted by Crippen LogP contribution is 2.31. The first-order valence-electron chi connectivity index (χ1n) is 8.80. The van der Waals surface area contributed by atoms with E-state index in [-0.39, 0.29) is 6.03 Å². The van der Waals surface area contributed by atoms with Crippen molar-refractivity contribution in [2.45, 2.75) is 18.6 Å². The number of ether oxygens (including phenoxy) is 1. The molecule has 1 aromatic rings. The van der Waals surface area contributed by atoms with Gasteiger partial charge in [0.15, 0.2) is 0 Å². The molecule has 1 saturated heterocycles. The molecule has 0 radical (unpaired) electrons. The molecule has 156 valence electrons. The lowest BCUT2D eigenvalue weighted by atomic mass is 10.1. The van der Waals surface area contributed by atoms with Gasteiger partial charge < -0.3 is 19.9 Å². The van der Waals surface area contributed by atoms with Crippen molar-refractivity contribution in [3.63, 3.8) is 0 Å². The standard InChI is InChI=1S/C18H24F3N3O3S/c1-27-16(25)15(6-11-28-2)22-17(26)24-9-7-23(8-10-24)14-5-3-4-13(12-14)18(19,20)21/h3-5,12,15H,6-11H2,1-2H3,(H,22,26)/t15-/m0/s1. The summed E-state index contributed by atoms with van der Waals surface area (Å²) in [5.74, 6) is 0.202. The Morgan fingerprint density at radius 1 is 1.25 bits per heavy atom. The first kappa shape index (κ1) is 22.2. The molecule has 1 N–H and O–H groups in total. The smallest absolute Gasteiger partial charge is 0.416 e. The molecule has 0 spiro atoms. The first-order chi connectivity index (χ1) is 13.3. The predicted octanol–water partition coefficient (Wildman–Crippen LogP) is 2.83. The van der Waals surface area contributed by atoms with Crippen molar-refractivity contribution in [3.05, 3.63) is 29.8 Å². The number of hydrogen-bond acceptors (Lipinski definition) is 5. The van der Waals surface area contributed by atoms with Gasteiger partial charge in [-0.3, -0.25) is 0 Å². The molecular weight excluding hydrogens is 395 g/mol. The number of methoxy groups -OCH3 is 1. The van der Waals surface area contributed by atoms with Gasteiger partial charge in [-0.1, -0.05) is 6.07 Å². The SMILES string of the molecule is COC(=O)[C@H](CCSC)NC(=O)N1CCN(c2cccc(C(F)(F)F)c2)CC1. The summed E-state index contributed by atoms with van der Waals surface area (Å²) in [6, 6.07) is 4.07. The zero-order valence-electron chi connectivity index (χ0n) is 15.8. The molecule has 1 aliphatic rings. The van der Waals surface area contributed by atoms with Crippen LogP contribution in [0.25, 0.3) is 0 Å². The van der Waals surface area contributed by atoms with Gasteiger partial charge in [-0.15, -0.1) is 0 Å². The van der Waals surface area contributed by atoms with Crippen molar-refractivity contribution >= 4 is 29.4 Å². The summed E-state index contributed by atoms with van der Waals surface area (Å²) in [4.78, 5) is 27.6. The number of anilines is 1. The minimum Gasteiger partial charge on any atom is -0.467 e. The van der Waals surface area contributed by atoms with E-state index in [0.29, 0.717) is 44.0 Å². The van der Waals surface area contributed by atoms with Gasteiger partial charge in [0, 0.05) is 31.9 Å². The van der Waals surface area contributed by atoms with Crippen LogP contribution in [0.2, 0.25) is 0 Å². The number of benzene rings is 1. The number of piperazine rings is 1. The molecule has 1 atom stereocenters. The molecular formula is C18H24F3N3O3S. The number of carbonyl (C=O) groups excluding carboxylic acids is 2. The fourth-order valence-corrected chi connectivity index (χ4v) is 3.39. The van der Waals surface area contributed by atoms with E-state index in [0.717, 1.165) is 12.1 Å². The number of esters is 1. The highest BCUT2D eigenvalue weighted by atomic mass is 32.2. The third-order valence-corrected chi connectivity index (χ3v) is 5.14. The lowest BCUT2D eigenvalue weighted by Crippen LogP contribution is -2.55. The maximum atomic E-state index is 12.9. The fourth-order valence-electron chi connectivity index (χ4n) is 2.91. The summed E-state index contributed by atoms with van der Waals surface area (Å²) in [5.41, 5.74) is -0.220. The topological polar surface area (TPSA) is 61.9 Å². The van der Waals surface area contributed by atoms with Gasteiger partial charge in [0.1, 0.15) is 6.04 Å². The summed E-state index contributed by atoms with van der Waals surface area (Å²) in [6.45, 7) is 1.50. The molecule has 2 amide bonds. The number of carbonyl (C=O) groups is 2. The largest absolute Gasteiger partial charge is 0.467 e. The Labute approximate surface area is 166 Å². The number of nitrogens with zero attached hydrogens (tertiary/aromatic N) is 2. The molecule has 0 bridgehead atoms. The van der Waals surface area contributed by atoms with Crippen molar-refractivity contribution in [1.29, 1.82) is 0 Å². The van der Waals surface area contributed by atoms with Gasteiger partial charge in [0.2, 0.25) is 0 Å². The number of alkyl halides is 3. The highest BCUT2D eigenvalue weighted by Gasteiger charge is 2.31. The summed E-state index contributed by atoms with van der Waals surface area (Å²) in [7, 11) is 1.27. The van der Waals surface area contributed by atoms with E-state index in [4.69, 9.17) is 4.74 Å². The molecule has 1 fully saturated rings. The van der Waals surface area contributed by atoms with Gasteiger partial charge in [0.25, 0.3) is 0 Å².